The van der Waals surface area contributed by atoms with E-state index in [0.717, 1.165) is 27.8 Å². The number of nitrogens with one attached hydrogen (secondary N) is 1. The lowest BCUT2D eigenvalue weighted by atomic mass is 9.98. The van der Waals surface area contributed by atoms with E-state index in [1.807, 2.05) is 37.3 Å². The van der Waals surface area contributed by atoms with Crippen molar-refractivity contribution in [1.82, 2.24) is 10.2 Å². The van der Waals surface area contributed by atoms with Crippen molar-refractivity contribution in [2.75, 3.05) is 6.61 Å². The smallest absolute Gasteiger partial charge is 0.407 e. The molecule has 3 aromatic rings. The fourth-order valence-electron chi connectivity index (χ4n) is 5.12. The quantitative estimate of drug-likeness (QED) is 0.551. The number of aromatic carboxylic acids is 1. The molecule has 1 aliphatic carbocycles. The molecule has 0 saturated carbocycles. The van der Waals surface area contributed by atoms with E-state index in [1.54, 1.807) is 17.0 Å². The van der Waals surface area contributed by atoms with Crippen molar-refractivity contribution >= 4 is 18.0 Å². The van der Waals surface area contributed by atoms with Gasteiger partial charge >= 0.3 is 12.1 Å². The Labute approximate surface area is 203 Å². The van der Waals surface area contributed by atoms with Crippen molar-refractivity contribution in [2.24, 2.45) is 0 Å². The lowest BCUT2D eigenvalue weighted by Gasteiger charge is -2.23. The molecule has 178 valence electrons. The first-order valence-electron chi connectivity index (χ1n) is 11.7. The average molecular weight is 471 g/mol. The van der Waals surface area contributed by atoms with Crippen LogP contribution in [0.4, 0.5) is 4.79 Å². The number of rotatable bonds is 6. The van der Waals surface area contributed by atoms with Crippen LogP contribution < -0.4 is 5.32 Å². The number of nitrogens with zero attached hydrogens (tertiary/aromatic N) is 1. The second-order valence-electron chi connectivity index (χ2n) is 8.87. The summed E-state index contributed by atoms with van der Waals surface area (Å²) in [6, 6.07) is 20.5. The van der Waals surface area contributed by atoms with Crippen molar-refractivity contribution in [1.29, 1.82) is 0 Å². The number of carbonyl (C=O) groups is 3. The van der Waals surface area contributed by atoms with E-state index in [0.29, 0.717) is 18.5 Å². The maximum Gasteiger partial charge on any atom is 0.407 e. The zero-order valence-corrected chi connectivity index (χ0v) is 19.4. The Morgan fingerprint density at radius 1 is 0.971 bits per heavy atom. The molecule has 35 heavy (non-hydrogen) atoms. The van der Waals surface area contributed by atoms with Crippen LogP contribution in [0, 0.1) is 0 Å². The number of carboxylic acids is 1. The number of benzene rings is 3. The predicted molar refractivity (Wildman–Crippen MR) is 130 cm³/mol. The van der Waals surface area contributed by atoms with Crippen molar-refractivity contribution in [3.8, 4) is 11.1 Å². The first-order chi connectivity index (χ1) is 17.0. The van der Waals surface area contributed by atoms with Gasteiger partial charge in [0.1, 0.15) is 12.6 Å². The number of carbonyl (C=O) groups excluding carboxylic acids is 2. The highest BCUT2D eigenvalue weighted by atomic mass is 16.5. The van der Waals surface area contributed by atoms with E-state index in [4.69, 9.17) is 4.74 Å². The average Bonchev–Trinajstić information content (AvgIpc) is 3.45. The van der Waals surface area contributed by atoms with E-state index in [9.17, 15) is 19.5 Å². The van der Waals surface area contributed by atoms with Crippen molar-refractivity contribution in [3.05, 3.63) is 94.5 Å². The second kappa shape index (κ2) is 9.25. The van der Waals surface area contributed by atoms with Crippen LogP contribution in [-0.2, 0) is 22.6 Å². The van der Waals surface area contributed by atoms with Gasteiger partial charge in [-0.15, -0.1) is 0 Å². The SMILES string of the molecule is CCC(NC(=O)OCC1c2ccccc2-c2ccccc21)C(=O)N1Cc2cccc(C(=O)O)c2C1. The van der Waals surface area contributed by atoms with Gasteiger partial charge in [-0.1, -0.05) is 67.6 Å². The van der Waals surface area contributed by atoms with Crippen molar-refractivity contribution in [3.63, 3.8) is 0 Å². The first-order valence-corrected chi connectivity index (χ1v) is 11.7. The molecule has 7 nitrogen and oxygen atoms in total. The molecular formula is C28H26N2O5. The Morgan fingerprint density at radius 2 is 1.63 bits per heavy atom. The fraction of sp³-hybridized carbons (Fsp3) is 0.250. The number of amides is 2. The Hall–Kier alpha value is -4.13. The highest BCUT2D eigenvalue weighted by molar-refractivity contribution is 5.91. The first kappa shape index (κ1) is 22.7. The molecule has 3 aromatic carbocycles. The predicted octanol–water partition coefficient (Wildman–Crippen LogP) is 4.54. The molecule has 1 aliphatic heterocycles. The molecular weight excluding hydrogens is 444 g/mol. The topological polar surface area (TPSA) is 95.9 Å². The standard InChI is InChI=1S/C28H26N2O5/c1-2-25(26(31)30-14-17-8-7-13-22(27(32)33)23(17)15-30)29-28(34)35-16-24-20-11-5-3-9-18(20)19-10-4-6-12-21(19)24/h3-13,24-25H,2,14-16H2,1H3,(H,29,34)(H,32,33). The summed E-state index contributed by atoms with van der Waals surface area (Å²) in [5.74, 6) is -1.33. The number of fused-ring (bicyclic) bond motifs is 4. The van der Waals surface area contributed by atoms with Gasteiger partial charge in [0.2, 0.25) is 5.91 Å². The number of carboxylic acid groups (broad SMARTS) is 1. The van der Waals surface area contributed by atoms with E-state index in [1.165, 1.54) is 0 Å². The van der Waals surface area contributed by atoms with Crippen LogP contribution in [0.5, 0.6) is 0 Å². The van der Waals surface area contributed by atoms with E-state index < -0.39 is 18.1 Å². The molecule has 2 aliphatic rings. The number of alkyl carbamates (subject to hydrolysis) is 1. The highest BCUT2D eigenvalue weighted by Crippen LogP contribution is 2.44. The molecule has 2 amide bonds. The highest BCUT2D eigenvalue weighted by Gasteiger charge is 2.33. The molecule has 0 aromatic heterocycles. The molecule has 0 fully saturated rings. The summed E-state index contributed by atoms with van der Waals surface area (Å²) < 4.78 is 5.60. The maximum atomic E-state index is 13.2. The summed E-state index contributed by atoms with van der Waals surface area (Å²) >= 11 is 0. The minimum Gasteiger partial charge on any atom is -0.478 e. The van der Waals surface area contributed by atoms with Gasteiger partial charge in [-0.25, -0.2) is 9.59 Å². The summed E-state index contributed by atoms with van der Waals surface area (Å²) in [6.07, 6.45) is -0.253. The molecule has 0 spiro atoms. The molecule has 7 heteroatoms. The van der Waals surface area contributed by atoms with Crippen LogP contribution in [-0.4, -0.2) is 40.6 Å². The maximum absolute atomic E-state index is 13.2. The van der Waals surface area contributed by atoms with Crippen LogP contribution >= 0.6 is 0 Å². The molecule has 0 saturated heterocycles. The third-order valence-corrected chi connectivity index (χ3v) is 6.87. The molecule has 2 N–H and O–H groups in total. The van der Waals surface area contributed by atoms with Crippen molar-refractivity contribution in [2.45, 2.75) is 38.4 Å². The van der Waals surface area contributed by atoms with E-state index in [2.05, 4.69) is 29.6 Å². The van der Waals surface area contributed by atoms with Gasteiger partial charge in [-0.2, -0.15) is 0 Å². The third kappa shape index (κ3) is 4.14. The van der Waals surface area contributed by atoms with Gasteiger partial charge < -0.3 is 20.1 Å². The van der Waals surface area contributed by atoms with Crippen LogP contribution in [0.25, 0.3) is 11.1 Å². The zero-order valence-electron chi connectivity index (χ0n) is 19.4. The fourth-order valence-corrected chi connectivity index (χ4v) is 5.12. The normalized spacial score (nSPS) is 14.6. The van der Waals surface area contributed by atoms with Gasteiger partial charge in [0.15, 0.2) is 0 Å². The zero-order chi connectivity index (χ0) is 24.5. The van der Waals surface area contributed by atoms with Crippen LogP contribution in [0.1, 0.15) is 51.9 Å². The summed E-state index contributed by atoms with van der Waals surface area (Å²) in [6.45, 7) is 2.51. The van der Waals surface area contributed by atoms with Gasteiger partial charge in [0.05, 0.1) is 5.56 Å². The Kier molecular flexibility index (Phi) is 5.99. The number of ether oxygens (including phenoxy) is 1. The van der Waals surface area contributed by atoms with Gasteiger partial charge in [-0.05, 0) is 45.9 Å². The molecule has 1 heterocycles. The van der Waals surface area contributed by atoms with Gasteiger partial charge in [0.25, 0.3) is 0 Å². The third-order valence-electron chi connectivity index (χ3n) is 6.87. The molecule has 0 bridgehead atoms. The summed E-state index contributed by atoms with van der Waals surface area (Å²) in [7, 11) is 0. The van der Waals surface area contributed by atoms with E-state index in [-0.39, 0.29) is 30.5 Å². The monoisotopic (exact) mass is 470 g/mol. The van der Waals surface area contributed by atoms with Crippen molar-refractivity contribution < 1.29 is 24.2 Å². The molecule has 1 unspecified atom stereocenters. The lowest BCUT2D eigenvalue weighted by Crippen LogP contribution is -2.47. The molecule has 1 atom stereocenters. The Bertz CT molecular complexity index is 1270. The van der Waals surface area contributed by atoms with Crippen LogP contribution in [0.15, 0.2) is 66.7 Å². The summed E-state index contributed by atoms with van der Waals surface area (Å²) in [5.41, 5.74) is 6.19. The Morgan fingerprint density at radius 3 is 2.26 bits per heavy atom. The molecule has 0 radical (unpaired) electrons. The Balaban J connectivity index is 1.23. The van der Waals surface area contributed by atoms with Gasteiger partial charge in [-0.3, -0.25) is 4.79 Å². The summed E-state index contributed by atoms with van der Waals surface area (Å²) in [5, 5.41) is 12.2. The largest absolute Gasteiger partial charge is 0.478 e. The lowest BCUT2D eigenvalue weighted by molar-refractivity contribution is -0.134. The van der Waals surface area contributed by atoms with Crippen LogP contribution in [0.3, 0.4) is 0 Å². The van der Waals surface area contributed by atoms with E-state index >= 15 is 0 Å². The minimum absolute atomic E-state index is 0.0635. The second-order valence-corrected chi connectivity index (χ2v) is 8.87. The summed E-state index contributed by atoms with van der Waals surface area (Å²) in [4.78, 5) is 39.0. The number of hydrogen-bond acceptors (Lipinski definition) is 4. The number of hydrogen-bond donors (Lipinski definition) is 2. The van der Waals surface area contributed by atoms with Gasteiger partial charge in [0, 0.05) is 19.0 Å². The molecule has 5 rings (SSSR count). The van der Waals surface area contributed by atoms with Crippen LogP contribution in [0.2, 0.25) is 0 Å². The minimum atomic E-state index is -1.01.